The molecule has 0 radical (unpaired) electrons. The zero-order valence-corrected chi connectivity index (χ0v) is 17.4. The van der Waals surface area contributed by atoms with Crippen molar-refractivity contribution in [1.29, 1.82) is 0 Å². The molecule has 1 rings (SSSR count). The third-order valence-electron chi connectivity index (χ3n) is 3.56. The van der Waals surface area contributed by atoms with Crippen molar-refractivity contribution in [3.63, 3.8) is 0 Å². The Bertz CT molecular complexity index is 574. The van der Waals surface area contributed by atoms with Gasteiger partial charge in [-0.05, 0) is 39.3 Å². The second-order valence-electron chi connectivity index (χ2n) is 6.11. The summed E-state index contributed by atoms with van der Waals surface area (Å²) >= 11 is 0. The molecule has 0 aliphatic heterocycles. The van der Waals surface area contributed by atoms with Crippen molar-refractivity contribution in [3.8, 4) is 5.75 Å². The fourth-order valence-corrected chi connectivity index (χ4v) is 1.88. The molecule has 7 heteroatoms. The molecule has 0 spiro atoms. The predicted octanol–water partition coefficient (Wildman–Crippen LogP) is 2.19. The molecular formula is C17H29IN4O2. The Morgan fingerprint density at radius 2 is 2.00 bits per heavy atom. The zero-order chi connectivity index (χ0) is 17.5. The Hall–Kier alpha value is -1.51. The van der Waals surface area contributed by atoms with Gasteiger partial charge in [-0.2, -0.15) is 0 Å². The van der Waals surface area contributed by atoms with Crippen LogP contribution >= 0.6 is 24.0 Å². The quantitative estimate of drug-likeness (QED) is 0.339. The molecule has 136 valence electrons. The van der Waals surface area contributed by atoms with Gasteiger partial charge in [0.1, 0.15) is 5.75 Å². The molecule has 0 saturated heterocycles. The standard InChI is InChI=1S/C17H28N4O2.HI/c1-6-19-16(21-11-17(3,4)15(18)22)20-10-13-8-7-12(2)9-14(13)23-5;/h7-9H,6,10-11H2,1-5H3,(H2,18,22)(H2,19,20,21);1H. The fourth-order valence-electron chi connectivity index (χ4n) is 1.88. The zero-order valence-electron chi connectivity index (χ0n) is 15.1. The molecular weight excluding hydrogens is 419 g/mol. The van der Waals surface area contributed by atoms with Crippen LogP contribution in [0.5, 0.6) is 5.75 Å². The monoisotopic (exact) mass is 448 g/mol. The maximum atomic E-state index is 11.4. The molecule has 6 nitrogen and oxygen atoms in total. The van der Waals surface area contributed by atoms with Crippen molar-refractivity contribution < 1.29 is 9.53 Å². The smallest absolute Gasteiger partial charge is 0.224 e. The van der Waals surface area contributed by atoms with Crippen LogP contribution in [0.25, 0.3) is 0 Å². The number of guanidine groups is 1. The number of benzene rings is 1. The van der Waals surface area contributed by atoms with Crippen molar-refractivity contribution in [3.05, 3.63) is 29.3 Å². The highest BCUT2D eigenvalue weighted by Gasteiger charge is 2.24. The average Bonchev–Trinajstić information content (AvgIpc) is 2.50. The SMILES string of the molecule is CCNC(=NCc1ccc(C)cc1OC)NCC(C)(C)C(N)=O.I. The molecule has 0 heterocycles. The summed E-state index contributed by atoms with van der Waals surface area (Å²) in [5, 5.41) is 6.32. The van der Waals surface area contributed by atoms with Gasteiger partial charge in [-0.15, -0.1) is 24.0 Å². The number of carbonyl (C=O) groups excluding carboxylic acids is 1. The summed E-state index contributed by atoms with van der Waals surface area (Å²) < 4.78 is 5.39. The number of aryl methyl sites for hydroxylation is 1. The maximum absolute atomic E-state index is 11.4. The minimum absolute atomic E-state index is 0. The normalized spacial score (nSPS) is 11.5. The number of rotatable bonds is 7. The van der Waals surface area contributed by atoms with Gasteiger partial charge in [0.05, 0.1) is 19.1 Å². The maximum Gasteiger partial charge on any atom is 0.224 e. The minimum Gasteiger partial charge on any atom is -0.496 e. The molecule has 0 unspecified atom stereocenters. The number of nitrogens with one attached hydrogen (secondary N) is 2. The van der Waals surface area contributed by atoms with Crippen LogP contribution in [0.1, 0.15) is 31.9 Å². The lowest BCUT2D eigenvalue weighted by Crippen LogP contribution is -2.46. The molecule has 0 aliphatic carbocycles. The molecule has 0 aromatic heterocycles. The topological polar surface area (TPSA) is 88.7 Å². The van der Waals surface area contributed by atoms with Gasteiger partial charge in [-0.3, -0.25) is 4.79 Å². The Morgan fingerprint density at radius 3 is 2.54 bits per heavy atom. The van der Waals surface area contributed by atoms with Crippen LogP contribution in [0.3, 0.4) is 0 Å². The molecule has 4 N–H and O–H groups in total. The highest BCUT2D eigenvalue weighted by atomic mass is 127. The van der Waals surface area contributed by atoms with Crippen LogP contribution < -0.4 is 21.1 Å². The van der Waals surface area contributed by atoms with Crippen LogP contribution in [0.2, 0.25) is 0 Å². The van der Waals surface area contributed by atoms with Crippen LogP contribution in [-0.2, 0) is 11.3 Å². The number of aliphatic imine (C=N–C) groups is 1. The van der Waals surface area contributed by atoms with E-state index in [1.54, 1.807) is 21.0 Å². The number of ether oxygens (including phenoxy) is 1. The van der Waals surface area contributed by atoms with Gasteiger partial charge in [0.25, 0.3) is 0 Å². The van der Waals surface area contributed by atoms with Crippen molar-refractivity contribution in [2.24, 2.45) is 16.1 Å². The molecule has 1 aromatic carbocycles. The highest BCUT2D eigenvalue weighted by molar-refractivity contribution is 14.0. The van der Waals surface area contributed by atoms with Crippen molar-refractivity contribution in [2.45, 2.75) is 34.2 Å². The second-order valence-corrected chi connectivity index (χ2v) is 6.11. The first kappa shape index (κ1) is 22.5. The van der Waals surface area contributed by atoms with Gasteiger partial charge in [-0.1, -0.05) is 12.1 Å². The van der Waals surface area contributed by atoms with E-state index in [1.165, 1.54) is 0 Å². The number of methoxy groups -OCH3 is 1. The van der Waals surface area contributed by atoms with Gasteiger partial charge >= 0.3 is 0 Å². The van der Waals surface area contributed by atoms with E-state index in [2.05, 4.69) is 15.6 Å². The summed E-state index contributed by atoms with van der Waals surface area (Å²) in [5.41, 5.74) is 6.90. The molecule has 0 fully saturated rings. The van der Waals surface area contributed by atoms with Crippen molar-refractivity contribution in [2.75, 3.05) is 20.2 Å². The average molecular weight is 448 g/mol. The molecule has 1 amide bonds. The fraction of sp³-hybridized carbons (Fsp3) is 0.529. The third-order valence-corrected chi connectivity index (χ3v) is 3.56. The van der Waals surface area contributed by atoms with Gasteiger partial charge in [0.2, 0.25) is 5.91 Å². The van der Waals surface area contributed by atoms with Gasteiger partial charge in [-0.25, -0.2) is 4.99 Å². The van der Waals surface area contributed by atoms with Gasteiger partial charge in [0, 0.05) is 18.7 Å². The summed E-state index contributed by atoms with van der Waals surface area (Å²) in [6.45, 7) is 9.24. The van der Waals surface area contributed by atoms with E-state index in [-0.39, 0.29) is 29.9 Å². The molecule has 24 heavy (non-hydrogen) atoms. The van der Waals surface area contributed by atoms with Crippen LogP contribution in [-0.4, -0.2) is 32.1 Å². The molecule has 0 saturated carbocycles. The first-order valence-electron chi connectivity index (χ1n) is 7.75. The second kappa shape index (κ2) is 10.4. The number of nitrogens with zero attached hydrogens (tertiary/aromatic N) is 1. The van der Waals surface area contributed by atoms with E-state index in [1.807, 2.05) is 32.0 Å². The lowest BCUT2D eigenvalue weighted by Gasteiger charge is -2.22. The number of primary amides is 1. The van der Waals surface area contributed by atoms with Crippen LogP contribution in [0.15, 0.2) is 23.2 Å². The number of halogens is 1. The minimum atomic E-state index is -0.641. The van der Waals surface area contributed by atoms with Crippen LogP contribution in [0.4, 0.5) is 0 Å². The molecule has 1 aromatic rings. The van der Waals surface area contributed by atoms with E-state index in [9.17, 15) is 4.79 Å². The van der Waals surface area contributed by atoms with Gasteiger partial charge in [0.15, 0.2) is 5.96 Å². The number of carbonyl (C=O) groups is 1. The lowest BCUT2D eigenvalue weighted by atomic mass is 9.93. The Morgan fingerprint density at radius 1 is 1.33 bits per heavy atom. The van der Waals surface area contributed by atoms with Crippen molar-refractivity contribution >= 4 is 35.8 Å². The molecule has 0 aliphatic rings. The summed E-state index contributed by atoms with van der Waals surface area (Å²) in [4.78, 5) is 15.9. The third kappa shape index (κ3) is 6.94. The van der Waals surface area contributed by atoms with Crippen LogP contribution in [0, 0.1) is 12.3 Å². The van der Waals surface area contributed by atoms with Crippen molar-refractivity contribution in [1.82, 2.24) is 10.6 Å². The molecule has 0 bridgehead atoms. The van der Waals surface area contributed by atoms with E-state index >= 15 is 0 Å². The largest absolute Gasteiger partial charge is 0.496 e. The molecule has 0 atom stereocenters. The number of hydrogen-bond acceptors (Lipinski definition) is 3. The summed E-state index contributed by atoms with van der Waals surface area (Å²) in [7, 11) is 1.65. The Kier molecular flexibility index (Phi) is 9.72. The van der Waals surface area contributed by atoms with Gasteiger partial charge < -0.3 is 21.1 Å². The Balaban J connectivity index is 0.00000529. The van der Waals surface area contributed by atoms with E-state index in [4.69, 9.17) is 10.5 Å². The first-order chi connectivity index (χ1) is 10.8. The van der Waals surface area contributed by atoms with E-state index in [0.717, 1.165) is 23.4 Å². The predicted molar refractivity (Wildman–Crippen MR) is 109 cm³/mol. The summed E-state index contributed by atoms with van der Waals surface area (Å²) in [5.74, 6) is 1.12. The summed E-state index contributed by atoms with van der Waals surface area (Å²) in [6, 6.07) is 6.03. The summed E-state index contributed by atoms with van der Waals surface area (Å²) in [6.07, 6.45) is 0. The first-order valence-corrected chi connectivity index (χ1v) is 7.75. The lowest BCUT2D eigenvalue weighted by molar-refractivity contribution is -0.125. The van der Waals surface area contributed by atoms with E-state index in [0.29, 0.717) is 19.0 Å². The number of nitrogens with two attached hydrogens (primary N) is 1. The number of amides is 1. The van der Waals surface area contributed by atoms with E-state index < -0.39 is 5.41 Å². The Labute approximate surface area is 161 Å². The highest BCUT2D eigenvalue weighted by Crippen LogP contribution is 2.20. The number of hydrogen-bond donors (Lipinski definition) is 3.